The van der Waals surface area contributed by atoms with Gasteiger partial charge in [0, 0.05) is 6.42 Å². The van der Waals surface area contributed by atoms with Gasteiger partial charge in [0.15, 0.2) is 0 Å². The van der Waals surface area contributed by atoms with Gasteiger partial charge in [0.05, 0.1) is 42.3 Å². The highest BCUT2D eigenvalue weighted by atomic mass is 16.4. The van der Waals surface area contributed by atoms with Crippen molar-refractivity contribution >= 4 is 10.9 Å². The number of para-hydroxylation sites is 1. The Kier molecular flexibility index (Phi) is 4.49. The number of hydrogen-bond donors (Lipinski definition) is 1. The van der Waals surface area contributed by atoms with Crippen LogP contribution >= 0.6 is 0 Å². The van der Waals surface area contributed by atoms with Gasteiger partial charge < -0.3 is 9.52 Å². The molecule has 1 fully saturated rings. The highest BCUT2D eigenvalue weighted by Gasteiger charge is 2.32. The van der Waals surface area contributed by atoms with E-state index in [1.54, 1.807) is 10.6 Å². The van der Waals surface area contributed by atoms with Crippen LogP contribution in [-0.4, -0.2) is 37.7 Å². The van der Waals surface area contributed by atoms with E-state index >= 15 is 0 Å². The van der Waals surface area contributed by atoms with Crippen molar-refractivity contribution in [2.24, 2.45) is 0 Å². The second-order valence-corrected chi connectivity index (χ2v) is 7.63. The molecule has 0 spiro atoms. The standard InChI is InChI=1S/C21H24N4O3/c26-12-11-25-20(23-15-6-2-1-5-14(15)21(25)27)17-8-4-10-24(17)13-19-22-16-7-3-9-18(16)28-19/h1-2,5-6,17,26H,3-4,7-13H2. The van der Waals surface area contributed by atoms with Crippen molar-refractivity contribution in [3.63, 3.8) is 0 Å². The molecule has 1 saturated heterocycles. The molecule has 2 aromatic heterocycles. The maximum Gasteiger partial charge on any atom is 0.261 e. The Hall–Kier alpha value is -2.51. The molecule has 0 bridgehead atoms. The van der Waals surface area contributed by atoms with E-state index in [0.717, 1.165) is 61.8 Å². The summed E-state index contributed by atoms with van der Waals surface area (Å²) in [5.74, 6) is 2.52. The molecule has 1 aliphatic heterocycles. The topological polar surface area (TPSA) is 84.4 Å². The number of nitrogens with zero attached hydrogens (tertiary/aromatic N) is 4. The van der Waals surface area contributed by atoms with Crippen LogP contribution in [0.4, 0.5) is 0 Å². The number of benzene rings is 1. The van der Waals surface area contributed by atoms with Crippen LogP contribution in [0.1, 0.15) is 48.5 Å². The lowest BCUT2D eigenvalue weighted by molar-refractivity contribution is 0.204. The number of fused-ring (bicyclic) bond motifs is 2. The number of aliphatic hydroxyl groups excluding tert-OH is 1. The first-order chi connectivity index (χ1) is 13.7. The lowest BCUT2D eigenvalue weighted by atomic mass is 10.1. The average Bonchev–Trinajstić information content (AvgIpc) is 3.41. The summed E-state index contributed by atoms with van der Waals surface area (Å²) in [5, 5.41) is 10.1. The summed E-state index contributed by atoms with van der Waals surface area (Å²) >= 11 is 0. The minimum Gasteiger partial charge on any atom is -0.444 e. The molecule has 1 unspecified atom stereocenters. The second kappa shape index (κ2) is 7.14. The maximum absolute atomic E-state index is 13.0. The number of hydrogen-bond acceptors (Lipinski definition) is 6. The molecule has 146 valence electrons. The van der Waals surface area contributed by atoms with E-state index in [-0.39, 0.29) is 24.8 Å². The molecule has 1 atom stereocenters. The van der Waals surface area contributed by atoms with Crippen molar-refractivity contribution in [2.45, 2.75) is 51.2 Å². The third-order valence-electron chi connectivity index (χ3n) is 5.85. The Morgan fingerprint density at radius 1 is 1.18 bits per heavy atom. The number of rotatable bonds is 5. The fourth-order valence-corrected chi connectivity index (χ4v) is 4.55. The Bertz CT molecular complexity index is 1050. The predicted octanol–water partition coefficient (Wildman–Crippen LogP) is 2.20. The average molecular weight is 380 g/mol. The van der Waals surface area contributed by atoms with Crippen LogP contribution in [0.5, 0.6) is 0 Å². The third-order valence-corrected chi connectivity index (χ3v) is 5.85. The minimum absolute atomic E-state index is 0.0191. The molecule has 5 rings (SSSR count). The van der Waals surface area contributed by atoms with Gasteiger partial charge >= 0.3 is 0 Å². The molecule has 1 aromatic carbocycles. The summed E-state index contributed by atoms with van der Waals surface area (Å²) in [6.45, 7) is 1.70. The SMILES string of the molecule is O=c1c2ccccc2nc(C2CCCN2Cc2nc3c(o2)CCC3)n1CCO. The summed E-state index contributed by atoms with van der Waals surface area (Å²) in [5.41, 5.74) is 1.72. The van der Waals surface area contributed by atoms with E-state index in [0.29, 0.717) is 17.4 Å². The molecule has 7 nitrogen and oxygen atoms in total. The van der Waals surface area contributed by atoms with Crippen LogP contribution in [0.2, 0.25) is 0 Å². The van der Waals surface area contributed by atoms with Gasteiger partial charge in [-0.25, -0.2) is 9.97 Å². The zero-order valence-corrected chi connectivity index (χ0v) is 15.8. The highest BCUT2D eigenvalue weighted by Crippen LogP contribution is 2.33. The molecule has 1 N–H and O–H groups in total. The van der Waals surface area contributed by atoms with E-state index in [1.165, 1.54) is 0 Å². The first kappa shape index (κ1) is 17.6. The van der Waals surface area contributed by atoms with E-state index in [9.17, 15) is 9.90 Å². The summed E-state index contributed by atoms with van der Waals surface area (Å²) < 4.78 is 7.60. The lowest BCUT2D eigenvalue weighted by Gasteiger charge is -2.25. The monoisotopic (exact) mass is 380 g/mol. The van der Waals surface area contributed by atoms with Gasteiger partial charge in [-0.15, -0.1) is 0 Å². The number of aryl methyl sites for hydroxylation is 2. The number of likely N-dealkylation sites (tertiary alicyclic amines) is 1. The van der Waals surface area contributed by atoms with Gasteiger partial charge in [-0.3, -0.25) is 14.3 Å². The Morgan fingerprint density at radius 2 is 2.07 bits per heavy atom. The van der Waals surface area contributed by atoms with Crippen molar-refractivity contribution in [3.05, 3.63) is 57.8 Å². The smallest absolute Gasteiger partial charge is 0.261 e. The normalized spacial score (nSPS) is 19.5. The Labute approximate surface area is 162 Å². The van der Waals surface area contributed by atoms with Gasteiger partial charge in [-0.05, 0) is 44.4 Å². The molecule has 0 amide bonds. The molecule has 28 heavy (non-hydrogen) atoms. The van der Waals surface area contributed by atoms with E-state index in [2.05, 4.69) is 9.88 Å². The van der Waals surface area contributed by atoms with Gasteiger partial charge in [0.1, 0.15) is 11.6 Å². The van der Waals surface area contributed by atoms with Crippen LogP contribution in [0.15, 0.2) is 33.5 Å². The zero-order valence-electron chi connectivity index (χ0n) is 15.8. The van der Waals surface area contributed by atoms with Gasteiger partial charge in [-0.1, -0.05) is 12.1 Å². The highest BCUT2D eigenvalue weighted by molar-refractivity contribution is 5.77. The van der Waals surface area contributed by atoms with Crippen LogP contribution < -0.4 is 5.56 Å². The van der Waals surface area contributed by atoms with Crippen LogP contribution in [0, 0.1) is 0 Å². The van der Waals surface area contributed by atoms with E-state index < -0.39 is 0 Å². The summed E-state index contributed by atoms with van der Waals surface area (Å²) in [6.07, 6.45) is 5.07. The minimum atomic E-state index is -0.0912. The number of aromatic nitrogens is 3. The van der Waals surface area contributed by atoms with Crippen LogP contribution in [0.25, 0.3) is 10.9 Å². The molecule has 3 heterocycles. The molecule has 7 heteroatoms. The fourth-order valence-electron chi connectivity index (χ4n) is 4.55. The molecular formula is C21H24N4O3. The van der Waals surface area contributed by atoms with E-state index in [1.807, 2.05) is 18.2 Å². The Morgan fingerprint density at radius 3 is 2.93 bits per heavy atom. The van der Waals surface area contributed by atoms with Crippen molar-refractivity contribution < 1.29 is 9.52 Å². The van der Waals surface area contributed by atoms with Crippen molar-refractivity contribution in [1.29, 1.82) is 0 Å². The third kappa shape index (κ3) is 2.95. The predicted molar refractivity (Wildman–Crippen MR) is 104 cm³/mol. The maximum atomic E-state index is 13.0. The van der Waals surface area contributed by atoms with Gasteiger partial charge in [-0.2, -0.15) is 0 Å². The summed E-state index contributed by atoms with van der Waals surface area (Å²) in [7, 11) is 0. The first-order valence-corrected chi connectivity index (χ1v) is 10.1. The molecule has 3 aromatic rings. The molecule has 1 aliphatic carbocycles. The summed E-state index contributed by atoms with van der Waals surface area (Å²) in [4.78, 5) is 24.8. The van der Waals surface area contributed by atoms with Gasteiger partial charge in [0.25, 0.3) is 5.56 Å². The van der Waals surface area contributed by atoms with Crippen molar-refractivity contribution in [3.8, 4) is 0 Å². The molecule has 2 aliphatic rings. The number of aliphatic hydroxyl groups is 1. The Balaban J connectivity index is 1.52. The molecule has 0 saturated carbocycles. The second-order valence-electron chi connectivity index (χ2n) is 7.63. The van der Waals surface area contributed by atoms with Crippen LogP contribution in [-0.2, 0) is 25.9 Å². The molecular weight excluding hydrogens is 356 g/mol. The fraction of sp³-hybridized carbons (Fsp3) is 0.476. The van der Waals surface area contributed by atoms with Gasteiger partial charge in [0.2, 0.25) is 5.89 Å². The van der Waals surface area contributed by atoms with Crippen molar-refractivity contribution in [2.75, 3.05) is 13.2 Å². The van der Waals surface area contributed by atoms with E-state index in [4.69, 9.17) is 9.40 Å². The molecule has 0 radical (unpaired) electrons. The van der Waals surface area contributed by atoms with Crippen LogP contribution in [0.3, 0.4) is 0 Å². The lowest BCUT2D eigenvalue weighted by Crippen LogP contribution is -2.33. The first-order valence-electron chi connectivity index (χ1n) is 10.1. The number of oxazole rings is 1. The van der Waals surface area contributed by atoms with Crippen molar-refractivity contribution in [1.82, 2.24) is 19.4 Å². The summed E-state index contributed by atoms with van der Waals surface area (Å²) in [6, 6.07) is 7.43. The quantitative estimate of drug-likeness (QED) is 0.731. The largest absolute Gasteiger partial charge is 0.444 e. The zero-order chi connectivity index (χ0) is 19.1.